The van der Waals surface area contributed by atoms with Crippen molar-refractivity contribution >= 4 is 27.7 Å². The molecule has 0 aromatic heterocycles. The summed E-state index contributed by atoms with van der Waals surface area (Å²) in [5.74, 6) is -1.58. The van der Waals surface area contributed by atoms with Gasteiger partial charge >= 0.3 is 6.09 Å². The van der Waals surface area contributed by atoms with E-state index in [4.69, 9.17) is 20.4 Å². The van der Waals surface area contributed by atoms with Gasteiger partial charge < -0.3 is 14.5 Å². The molecule has 1 aliphatic rings. The molecule has 0 bridgehead atoms. The number of benzene rings is 1. The molecule has 122 valence electrons. The third-order valence-electron chi connectivity index (χ3n) is 4.03. The Kier molecular flexibility index (Phi) is 6.53. The number of hydrogen-bond acceptors (Lipinski definition) is 3. The van der Waals surface area contributed by atoms with Crippen molar-refractivity contribution in [3.8, 4) is 0 Å². The van der Waals surface area contributed by atoms with Crippen LogP contribution >= 0.6 is 0 Å². The highest BCUT2D eigenvalue weighted by Gasteiger charge is 2.29. The molecule has 1 saturated heterocycles. The second-order valence-corrected chi connectivity index (χ2v) is 5.64. The predicted octanol–water partition coefficient (Wildman–Crippen LogP) is 1.32. The maximum absolute atomic E-state index is 12.5. The molecule has 1 fully saturated rings. The number of hydrogen-bond donors (Lipinski definition) is 0. The minimum atomic E-state index is -0.813. The van der Waals surface area contributed by atoms with Crippen molar-refractivity contribution in [2.45, 2.75) is 11.6 Å². The third kappa shape index (κ3) is 4.43. The number of carbonyl (C=O) groups excluding carboxylic acids is 2. The topological polar surface area (TPSA) is 49.9 Å². The number of ether oxygens (including phenoxy) is 1. The highest BCUT2D eigenvalue weighted by Crippen LogP contribution is 2.26. The van der Waals surface area contributed by atoms with Crippen LogP contribution in [-0.4, -0.2) is 70.3 Å². The van der Waals surface area contributed by atoms with Gasteiger partial charge in [0.1, 0.15) is 6.61 Å². The highest BCUT2D eigenvalue weighted by atomic mass is 16.6. The molecule has 1 aromatic carbocycles. The zero-order valence-electron chi connectivity index (χ0n) is 13.6. The van der Waals surface area contributed by atoms with Gasteiger partial charge in [-0.3, -0.25) is 4.79 Å². The molecule has 0 N–H and O–H groups in total. The van der Waals surface area contributed by atoms with Crippen LogP contribution in [0.15, 0.2) is 43.0 Å². The molecule has 24 heavy (non-hydrogen) atoms. The fraction of sp³-hybridized carbons (Fsp3) is 0.412. The fourth-order valence-corrected chi connectivity index (χ4v) is 2.58. The Morgan fingerprint density at radius 1 is 1.12 bits per heavy atom. The van der Waals surface area contributed by atoms with Crippen LogP contribution in [0.5, 0.6) is 0 Å². The van der Waals surface area contributed by atoms with Crippen molar-refractivity contribution in [1.29, 1.82) is 0 Å². The number of amides is 2. The lowest BCUT2D eigenvalue weighted by Crippen LogP contribution is -2.51. The van der Waals surface area contributed by atoms with Crippen molar-refractivity contribution in [2.75, 3.05) is 32.8 Å². The lowest BCUT2D eigenvalue weighted by Gasteiger charge is -2.36. The van der Waals surface area contributed by atoms with Crippen molar-refractivity contribution < 1.29 is 14.3 Å². The molecule has 2 atom stereocenters. The predicted molar refractivity (Wildman–Crippen MR) is 94.1 cm³/mol. The molecule has 5 nitrogen and oxygen atoms in total. The van der Waals surface area contributed by atoms with Crippen LogP contribution in [0.25, 0.3) is 0 Å². The van der Waals surface area contributed by atoms with Crippen LogP contribution in [0.1, 0.15) is 11.4 Å². The van der Waals surface area contributed by atoms with Gasteiger partial charge in [-0.25, -0.2) is 4.79 Å². The Hall–Kier alpha value is -2.17. The van der Waals surface area contributed by atoms with Crippen LogP contribution in [-0.2, 0) is 9.53 Å². The Labute approximate surface area is 145 Å². The number of piperazine rings is 1. The van der Waals surface area contributed by atoms with Crippen molar-refractivity contribution in [1.82, 2.24) is 9.80 Å². The first-order chi connectivity index (χ1) is 11.5. The number of nitrogens with zero attached hydrogens (tertiary/aromatic N) is 2. The summed E-state index contributed by atoms with van der Waals surface area (Å²) < 4.78 is 4.99. The smallest absolute Gasteiger partial charge is 0.410 e. The maximum atomic E-state index is 12.5. The average Bonchev–Trinajstić information content (AvgIpc) is 2.65. The molecular weight excluding hydrogens is 302 g/mol. The van der Waals surface area contributed by atoms with Crippen LogP contribution in [0.2, 0.25) is 5.82 Å². The van der Waals surface area contributed by atoms with E-state index in [-0.39, 0.29) is 12.5 Å². The average molecular weight is 322 g/mol. The first-order valence-electron chi connectivity index (χ1n) is 7.92. The van der Waals surface area contributed by atoms with Crippen molar-refractivity contribution in [3.63, 3.8) is 0 Å². The number of rotatable bonds is 5. The molecule has 1 aromatic rings. The van der Waals surface area contributed by atoms with Crippen molar-refractivity contribution in [2.24, 2.45) is 0 Å². The first kappa shape index (κ1) is 18.2. The summed E-state index contributed by atoms with van der Waals surface area (Å²) in [6, 6.07) is 9.31. The molecular formula is C17H20B2N2O3. The minimum Gasteiger partial charge on any atom is -0.445 e. The Bertz CT molecular complexity index is 574. The first-order valence-corrected chi connectivity index (χ1v) is 7.92. The molecule has 0 spiro atoms. The lowest BCUT2D eigenvalue weighted by atomic mass is 9.63. The van der Waals surface area contributed by atoms with E-state index in [1.807, 2.05) is 30.3 Å². The Morgan fingerprint density at radius 3 is 2.29 bits per heavy atom. The van der Waals surface area contributed by atoms with Gasteiger partial charge in [-0.15, -0.1) is 0 Å². The quantitative estimate of drug-likeness (QED) is 0.607. The summed E-state index contributed by atoms with van der Waals surface area (Å²) in [7, 11) is 12.2. The Balaban J connectivity index is 1.88. The van der Waals surface area contributed by atoms with E-state index in [2.05, 4.69) is 6.58 Å². The van der Waals surface area contributed by atoms with E-state index in [0.29, 0.717) is 26.2 Å². The van der Waals surface area contributed by atoms with E-state index in [1.54, 1.807) is 9.80 Å². The van der Waals surface area contributed by atoms with Gasteiger partial charge in [0.15, 0.2) is 0 Å². The largest absolute Gasteiger partial charge is 0.445 e. The van der Waals surface area contributed by atoms with Crippen LogP contribution in [0.4, 0.5) is 4.79 Å². The van der Waals surface area contributed by atoms with E-state index >= 15 is 0 Å². The molecule has 0 aliphatic carbocycles. The van der Waals surface area contributed by atoms with Crippen LogP contribution < -0.4 is 0 Å². The van der Waals surface area contributed by atoms with E-state index in [9.17, 15) is 9.59 Å². The fourth-order valence-electron chi connectivity index (χ4n) is 2.58. The van der Waals surface area contributed by atoms with Crippen molar-refractivity contribution in [3.05, 3.63) is 48.6 Å². The van der Waals surface area contributed by atoms with Gasteiger partial charge in [-0.2, -0.15) is 0 Å². The van der Waals surface area contributed by atoms with Gasteiger partial charge in [-0.1, -0.05) is 48.6 Å². The minimum absolute atomic E-state index is 0.175. The molecule has 7 heteroatoms. The second kappa shape index (κ2) is 8.62. The summed E-state index contributed by atoms with van der Waals surface area (Å²) >= 11 is 0. The molecule has 0 saturated carbocycles. The van der Waals surface area contributed by atoms with E-state index in [1.165, 1.54) is 6.08 Å². The van der Waals surface area contributed by atoms with E-state index in [0.717, 1.165) is 5.56 Å². The summed E-state index contributed by atoms with van der Waals surface area (Å²) in [6.45, 7) is 5.33. The zero-order chi connectivity index (χ0) is 17.5. The molecule has 2 unspecified atom stereocenters. The van der Waals surface area contributed by atoms with Crippen LogP contribution in [0.3, 0.4) is 0 Å². The summed E-state index contributed by atoms with van der Waals surface area (Å²) in [5, 5.41) is 0. The number of carbonyl (C=O) groups is 2. The SMILES string of the molecule is [B]C(C(=O)N1CCN(C(=O)OCC=C)CC1)C([B])c1ccccc1. The Morgan fingerprint density at radius 2 is 1.71 bits per heavy atom. The molecule has 4 radical (unpaired) electrons. The van der Waals surface area contributed by atoms with Gasteiger partial charge in [-0.05, 0) is 11.6 Å². The normalized spacial score (nSPS) is 17.0. The summed E-state index contributed by atoms with van der Waals surface area (Å²) in [5.41, 5.74) is 0.824. The molecule has 2 amide bonds. The van der Waals surface area contributed by atoms with E-state index < -0.39 is 17.7 Å². The zero-order valence-corrected chi connectivity index (χ0v) is 13.6. The molecule has 1 aliphatic heterocycles. The third-order valence-corrected chi connectivity index (χ3v) is 4.03. The van der Waals surface area contributed by atoms with Crippen LogP contribution in [0, 0.1) is 0 Å². The monoisotopic (exact) mass is 322 g/mol. The van der Waals surface area contributed by atoms with Gasteiger partial charge in [0.05, 0.1) is 15.7 Å². The van der Waals surface area contributed by atoms with Gasteiger partial charge in [0.25, 0.3) is 0 Å². The van der Waals surface area contributed by atoms with Gasteiger partial charge in [0, 0.05) is 26.2 Å². The lowest BCUT2D eigenvalue weighted by molar-refractivity contribution is -0.132. The molecule has 1 heterocycles. The second-order valence-electron chi connectivity index (χ2n) is 5.64. The maximum Gasteiger partial charge on any atom is 0.410 e. The molecule has 2 rings (SSSR count). The highest BCUT2D eigenvalue weighted by molar-refractivity contribution is 6.30. The summed E-state index contributed by atoms with van der Waals surface area (Å²) in [4.78, 5) is 27.5. The summed E-state index contributed by atoms with van der Waals surface area (Å²) in [6.07, 6.45) is 1.12. The van der Waals surface area contributed by atoms with Gasteiger partial charge in [0.2, 0.25) is 5.91 Å². The standard InChI is InChI=1S/C17H20B2N2O3/c1-2-12-24-17(23)21-10-8-20(9-11-21)16(22)15(19)14(18)13-6-4-3-5-7-13/h2-7,14-15H,1,8-12H2.